The van der Waals surface area contributed by atoms with E-state index in [0.717, 1.165) is 48.7 Å². The average molecular weight is 523 g/mol. The van der Waals surface area contributed by atoms with Crippen LogP contribution in [0.4, 0.5) is 13.2 Å². The minimum atomic E-state index is -4.42. The molecule has 5 rings (SSSR count). The number of ketones is 2. The Morgan fingerprint density at radius 3 is 2.47 bits per heavy atom. The predicted octanol–water partition coefficient (Wildman–Crippen LogP) is 5.60. The van der Waals surface area contributed by atoms with Crippen molar-refractivity contribution in [3.05, 3.63) is 41.5 Å². The molecule has 1 aromatic rings. The number of carbonyl (C=O) groups is 2. The molecule has 0 amide bonds. The van der Waals surface area contributed by atoms with Crippen LogP contribution in [0.15, 0.2) is 40.8 Å². The van der Waals surface area contributed by atoms with Gasteiger partial charge in [0.1, 0.15) is 5.60 Å². The summed E-state index contributed by atoms with van der Waals surface area (Å²) in [5.74, 6) is 0.0468. The Bertz CT molecular complexity index is 1100. The van der Waals surface area contributed by atoms with Gasteiger partial charge in [0.15, 0.2) is 11.6 Å². The fraction of sp³-hybridized carbons (Fsp3) is 0.643. The molecular weight excluding hydrogens is 489 g/mol. The number of hydrogen-bond acceptors (Lipinski definition) is 5. The van der Waals surface area contributed by atoms with Gasteiger partial charge in [-0.05, 0) is 92.0 Å². The van der Waals surface area contributed by atoms with E-state index in [1.807, 2.05) is 6.92 Å². The van der Waals surface area contributed by atoms with E-state index >= 15 is 0 Å². The number of Topliss-reactive ketones (excluding diaryl/α,β-unsaturated/α-hetero) is 1. The zero-order valence-corrected chi connectivity index (χ0v) is 21.4. The van der Waals surface area contributed by atoms with E-state index in [9.17, 15) is 33.0 Å². The number of rotatable bonds is 4. The highest BCUT2D eigenvalue weighted by Crippen LogP contribution is 2.67. The molecule has 0 aromatic heterocycles. The van der Waals surface area contributed by atoms with Crippen molar-refractivity contribution < 1.29 is 33.0 Å². The van der Waals surface area contributed by atoms with E-state index in [2.05, 4.69) is 6.92 Å². The Kier molecular flexibility index (Phi) is 6.28. The average Bonchev–Trinajstić information content (AvgIpc) is 3.08. The van der Waals surface area contributed by atoms with Crippen LogP contribution >= 0.6 is 11.8 Å². The molecule has 4 aliphatic rings. The van der Waals surface area contributed by atoms with Crippen molar-refractivity contribution in [2.75, 3.05) is 5.75 Å². The quantitative estimate of drug-likeness (QED) is 0.504. The van der Waals surface area contributed by atoms with Gasteiger partial charge in [-0.15, -0.1) is 11.8 Å². The van der Waals surface area contributed by atoms with E-state index in [1.165, 1.54) is 12.1 Å². The molecular formula is C28H33F3O4S. The number of alkyl halides is 3. The molecule has 4 aliphatic carbocycles. The SMILES string of the molecule is CC12CCC(=O)C=C1CCC1C2C(O)CC2(C)C1CC[C@]2(O)C(=O)CSc1ccc(C(F)(F)F)cc1. The molecule has 8 heteroatoms. The van der Waals surface area contributed by atoms with Crippen molar-refractivity contribution in [1.82, 2.24) is 0 Å². The highest BCUT2D eigenvalue weighted by Gasteiger charge is 2.68. The van der Waals surface area contributed by atoms with Gasteiger partial charge in [0.05, 0.1) is 17.4 Å². The predicted molar refractivity (Wildman–Crippen MR) is 130 cm³/mol. The summed E-state index contributed by atoms with van der Waals surface area (Å²) in [6.45, 7) is 4.10. The highest BCUT2D eigenvalue weighted by molar-refractivity contribution is 8.00. The smallest absolute Gasteiger partial charge is 0.393 e. The van der Waals surface area contributed by atoms with Gasteiger partial charge in [-0.25, -0.2) is 0 Å². The maximum absolute atomic E-state index is 13.4. The Labute approximate surface area is 213 Å². The summed E-state index contributed by atoms with van der Waals surface area (Å²) >= 11 is 1.13. The Morgan fingerprint density at radius 1 is 1.11 bits per heavy atom. The standard InChI is InChI=1S/C28H33F3O4S/c1-25-11-9-18(32)13-17(25)5-8-20-21-10-12-27(35,26(21,2)14-22(33)24(20)25)23(34)15-36-19-6-3-16(4-7-19)28(29,30)31/h3-4,6-7,13,20-22,24,33,35H,5,8-12,14-15H2,1-2H3/t20?,21?,22?,24?,25?,26?,27-/m0/s1. The zero-order chi connectivity index (χ0) is 26.1. The van der Waals surface area contributed by atoms with E-state index in [-0.39, 0.29) is 40.5 Å². The molecule has 2 N–H and O–H groups in total. The number of allylic oxidation sites excluding steroid dienone is 1. The number of benzene rings is 1. The first-order valence-electron chi connectivity index (χ1n) is 12.8. The van der Waals surface area contributed by atoms with Gasteiger partial charge in [0, 0.05) is 16.7 Å². The van der Waals surface area contributed by atoms with Crippen molar-refractivity contribution in [2.24, 2.45) is 28.6 Å². The lowest BCUT2D eigenvalue weighted by atomic mass is 9.45. The molecule has 3 fully saturated rings. The van der Waals surface area contributed by atoms with Crippen molar-refractivity contribution in [2.45, 2.75) is 81.6 Å². The van der Waals surface area contributed by atoms with Crippen LogP contribution in [0, 0.1) is 28.6 Å². The number of carbonyl (C=O) groups excluding carboxylic acids is 2. The first-order chi connectivity index (χ1) is 16.8. The molecule has 0 saturated heterocycles. The number of thioether (sulfide) groups is 1. The molecule has 0 spiro atoms. The molecule has 6 unspecified atom stereocenters. The monoisotopic (exact) mass is 522 g/mol. The molecule has 196 valence electrons. The minimum Gasteiger partial charge on any atom is -0.393 e. The van der Waals surface area contributed by atoms with Gasteiger partial charge in [-0.3, -0.25) is 9.59 Å². The summed E-state index contributed by atoms with van der Waals surface area (Å²) in [4.78, 5) is 26.0. The molecule has 4 nitrogen and oxygen atoms in total. The van der Waals surface area contributed by atoms with E-state index < -0.39 is 28.9 Å². The van der Waals surface area contributed by atoms with Crippen molar-refractivity contribution in [3.63, 3.8) is 0 Å². The first-order valence-corrected chi connectivity index (χ1v) is 13.8. The van der Waals surface area contributed by atoms with E-state index in [1.54, 1.807) is 6.08 Å². The van der Waals surface area contributed by atoms with Crippen LogP contribution in [-0.2, 0) is 15.8 Å². The second-order valence-corrected chi connectivity index (χ2v) is 12.8. The molecule has 0 radical (unpaired) electrons. The summed E-state index contributed by atoms with van der Waals surface area (Å²) in [6.07, 6.45) is 0.892. The van der Waals surface area contributed by atoms with Crippen LogP contribution in [0.25, 0.3) is 0 Å². The normalized spacial score (nSPS) is 40.2. The largest absolute Gasteiger partial charge is 0.416 e. The zero-order valence-electron chi connectivity index (χ0n) is 20.6. The minimum absolute atomic E-state index is 0.00245. The fourth-order valence-electron chi connectivity index (χ4n) is 8.16. The van der Waals surface area contributed by atoms with Crippen LogP contribution in [0.2, 0.25) is 0 Å². The number of fused-ring (bicyclic) bond motifs is 5. The van der Waals surface area contributed by atoms with E-state index in [0.29, 0.717) is 30.6 Å². The molecule has 0 aliphatic heterocycles. The summed E-state index contributed by atoms with van der Waals surface area (Å²) in [7, 11) is 0. The van der Waals surface area contributed by atoms with Gasteiger partial charge in [-0.1, -0.05) is 19.4 Å². The van der Waals surface area contributed by atoms with Crippen LogP contribution < -0.4 is 0 Å². The topological polar surface area (TPSA) is 74.6 Å². The molecule has 7 atom stereocenters. The summed E-state index contributed by atoms with van der Waals surface area (Å²) in [5, 5.41) is 23.3. The van der Waals surface area contributed by atoms with Crippen LogP contribution in [0.1, 0.15) is 64.4 Å². The van der Waals surface area contributed by atoms with E-state index in [4.69, 9.17) is 0 Å². The summed E-state index contributed by atoms with van der Waals surface area (Å²) in [5.41, 5.74) is -2.19. The molecule has 0 heterocycles. The van der Waals surface area contributed by atoms with Crippen molar-refractivity contribution in [3.8, 4) is 0 Å². The molecule has 1 aromatic carbocycles. The maximum Gasteiger partial charge on any atom is 0.416 e. The lowest BCUT2D eigenvalue weighted by Crippen LogP contribution is -2.61. The third-order valence-corrected chi connectivity index (χ3v) is 11.1. The fourth-order valence-corrected chi connectivity index (χ4v) is 9.02. The van der Waals surface area contributed by atoms with Gasteiger partial charge >= 0.3 is 6.18 Å². The van der Waals surface area contributed by atoms with Gasteiger partial charge in [-0.2, -0.15) is 13.2 Å². The van der Waals surface area contributed by atoms with Crippen LogP contribution in [0.3, 0.4) is 0 Å². The maximum atomic E-state index is 13.4. The summed E-state index contributed by atoms with van der Waals surface area (Å²) < 4.78 is 38.5. The van der Waals surface area contributed by atoms with Gasteiger partial charge in [0.2, 0.25) is 0 Å². The Hall–Kier alpha value is -1.64. The number of hydrogen-bond donors (Lipinski definition) is 2. The molecule has 0 bridgehead atoms. The second kappa shape index (κ2) is 8.70. The summed E-state index contributed by atoms with van der Waals surface area (Å²) in [6, 6.07) is 4.69. The first kappa shape index (κ1) is 26.0. The third kappa shape index (κ3) is 3.90. The van der Waals surface area contributed by atoms with Crippen molar-refractivity contribution in [1.29, 1.82) is 0 Å². The lowest BCUT2D eigenvalue weighted by Gasteiger charge is -2.60. The second-order valence-electron chi connectivity index (χ2n) is 11.7. The number of aliphatic hydroxyl groups excluding tert-OH is 1. The number of aliphatic hydroxyl groups is 2. The number of halogens is 3. The van der Waals surface area contributed by atoms with Crippen LogP contribution in [-0.4, -0.2) is 39.2 Å². The third-order valence-electron chi connectivity index (χ3n) is 10.1. The molecule has 3 saturated carbocycles. The Balaban J connectivity index is 1.34. The van der Waals surface area contributed by atoms with Gasteiger partial charge in [0.25, 0.3) is 0 Å². The molecule has 36 heavy (non-hydrogen) atoms. The lowest BCUT2D eigenvalue weighted by molar-refractivity contribution is -0.178. The highest BCUT2D eigenvalue weighted by atomic mass is 32.2. The van der Waals surface area contributed by atoms with Crippen LogP contribution in [0.5, 0.6) is 0 Å². The Morgan fingerprint density at radius 2 is 1.81 bits per heavy atom. The van der Waals surface area contributed by atoms with Gasteiger partial charge < -0.3 is 10.2 Å². The van der Waals surface area contributed by atoms with Crippen molar-refractivity contribution >= 4 is 23.3 Å².